The van der Waals surface area contributed by atoms with Crippen molar-refractivity contribution in [2.75, 3.05) is 0 Å². The molecule has 0 atom stereocenters. The van der Waals surface area contributed by atoms with Gasteiger partial charge in [0.15, 0.2) is 0 Å². The number of rotatable bonds is 7. The number of hydrogen-bond donors (Lipinski definition) is 2. The monoisotopic (exact) mass is 322 g/mol. The van der Waals surface area contributed by atoms with Gasteiger partial charge in [-0.3, -0.25) is 0 Å². The van der Waals surface area contributed by atoms with Gasteiger partial charge < -0.3 is 10.2 Å². The van der Waals surface area contributed by atoms with E-state index in [1.54, 1.807) is 30.4 Å². The van der Waals surface area contributed by atoms with Gasteiger partial charge in [0.25, 0.3) is 0 Å². The Morgan fingerprint density at radius 1 is 0.875 bits per heavy atom. The molecule has 0 aromatic heterocycles. The summed E-state index contributed by atoms with van der Waals surface area (Å²) in [5.74, 6) is -2.52. The van der Waals surface area contributed by atoms with Crippen LogP contribution in [0.1, 0.15) is 31.8 Å². The van der Waals surface area contributed by atoms with Crippen LogP contribution in [0, 0.1) is 0 Å². The molecule has 2 aromatic rings. The van der Waals surface area contributed by atoms with Crippen LogP contribution in [0.5, 0.6) is 0 Å². The smallest absolute Gasteiger partial charge is 0.337 e. The summed E-state index contributed by atoms with van der Waals surface area (Å²) in [7, 11) is 0. The van der Waals surface area contributed by atoms with Crippen molar-refractivity contribution in [3.8, 4) is 11.1 Å². The molecule has 0 saturated carbocycles. The average molecular weight is 322 g/mol. The van der Waals surface area contributed by atoms with Crippen LogP contribution in [-0.2, 0) is 12.8 Å². The third-order valence-electron chi connectivity index (χ3n) is 3.78. The molecule has 0 unspecified atom stereocenters. The zero-order valence-corrected chi connectivity index (χ0v) is 13.2. The topological polar surface area (TPSA) is 74.6 Å². The maximum atomic E-state index is 11.7. The molecule has 0 spiro atoms. The molecule has 0 aliphatic carbocycles. The molecule has 2 N–H and O–H groups in total. The van der Waals surface area contributed by atoms with Crippen molar-refractivity contribution in [2.24, 2.45) is 0 Å². The number of hydrogen-bond acceptors (Lipinski definition) is 2. The van der Waals surface area contributed by atoms with Crippen molar-refractivity contribution in [1.82, 2.24) is 0 Å². The molecule has 0 radical (unpaired) electrons. The van der Waals surface area contributed by atoms with Crippen LogP contribution in [-0.4, -0.2) is 22.2 Å². The summed E-state index contributed by atoms with van der Waals surface area (Å²) in [6, 6.07) is 10.1. The van der Waals surface area contributed by atoms with Crippen molar-refractivity contribution >= 4 is 11.9 Å². The fourth-order valence-electron chi connectivity index (χ4n) is 2.80. The molecule has 24 heavy (non-hydrogen) atoms. The van der Waals surface area contributed by atoms with Gasteiger partial charge in [-0.2, -0.15) is 0 Å². The van der Waals surface area contributed by atoms with Crippen LogP contribution in [0.25, 0.3) is 11.1 Å². The van der Waals surface area contributed by atoms with Gasteiger partial charge in [-0.15, -0.1) is 13.2 Å². The summed E-state index contributed by atoms with van der Waals surface area (Å²) in [6.07, 6.45) is 4.71. The lowest BCUT2D eigenvalue weighted by Crippen LogP contribution is -2.10. The fourth-order valence-corrected chi connectivity index (χ4v) is 2.80. The van der Waals surface area contributed by atoms with Gasteiger partial charge in [-0.1, -0.05) is 42.5 Å². The Labute approximate surface area is 140 Å². The van der Waals surface area contributed by atoms with E-state index >= 15 is 0 Å². The van der Waals surface area contributed by atoms with Gasteiger partial charge in [0.2, 0.25) is 0 Å². The summed E-state index contributed by atoms with van der Waals surface area (Å²) in [5, 5.41) is 18.9. The lowest BCUT2D eigenvalue weighted by molar-refractivity contribution is 0.0652. The van der Waals surface area contributed by atoms with Gasteiger partial charge in [-0.25, -0.2) is 9.59 Å². The number of benzene rings is 2. The summed E-state index contributed by atoms with van der Waals surface area (Å²) < 4.78 is 0. The molecule has 2 rings (SSSR count). The summed E-state index contributed by atoms with van der Waals surface area (Å²) in [4.78, 5) is 23.1. The highest BCUT2D eigenvalue weighted by atomic mass is 16.4. The molecule has 0 fully saturated rings. The Kier molecular flexibility index (Phi) is 5.32. The zero-order chi connectivity index (χ0) is 17.7. The van der Waals surface area contributed by atoms with E-state index in [1.807, 2.05) is 12.1 Å². The van der Waals surface area contributed by atoms with Crippen LogP contribution in [0.2, 0.25) is 0 Å². The standard InChI is InChI=1S/C20H18O4/c1-3-7-13-9-5-10-15(14(13)8-4-2)16-11-6-12-17(19(21)22)18(16)20(23)24/h3-6,9-12H,1-2,7-8H2,(H,21,22)(H,23,24). The highest BCUT2D eigenvalue weighted by Gasteiger charge is 2.22. The maximum absolute atomic E-state index is 11.7. The normalized spacial score (nSPS) is 10.2. The molecule has 0 saturated heterocycles. The quantitative estimate of drug-likeness (QED) is 0.749. The lowest BCUT2D eigenvalue weighted by Gasteiger charge is -2.16. The molecule has 0 bridgehead atoms. The van der Waals surface area contributed by atoms with Gasteiger partial charge >= 0.3 is 11.9 Å². The first-order chi connectivity index (χ1) is 11.5. The maximum Gasteiger partial charge on any atom is 0.337 e. The van der Waals surface area contributed by atoms with E-state index in [2.05, 4.69) is 13.2 Å². The molecule has 2 aromatic carbocycles. The Hall–Kier alpha value is -3.14. The van der Waals surface area contributed by atoms with E-state index in [9.17, 15) is 19.8 Å². The van der Waals surface area contributed by atoms with E-state index in [1.165, 1.54) is 6.07 Å². The van der Waals surface area contributed by atoms with E-state index in [-0.39, 0.29) is 11.1 Å². The second kappa shape index (κ2) is 7.42. The highest BCUT2D eigenvalue weighted by Crippen LogP contribution is 2.32. The minimum atomic E-state index is -1.26. The van der Waals surface area contributed by atoms with Crippen molar-refractivity contribution in [1.29, 1.82) is 0 Å². The molecule has 0 aliphatic rings. The first kappa shape index (κ1) is 17.2. The van der Waals surface area contributed by atoms with Crippen LogP contribution in [0.15, 0.2) is 61.7 Å². The Morgan fingerprint density at radius 3 is 2.08 bits per heavy atom. The molecule has 4 nitrogen and oxygen atoms in total. The largest absolute Gasteiger partial charge is 0.478 e. The minimum Gasteiger partial charge on any atom is -0.478 e. The first-order valence-electron chi connectivity index (χ1n) is 7.43. The van der Waals surface area contributed by atoms with Crippen LogP contribution >= 0.6 is 0 Å². The molecular formula is C20H18O4. The number of carboxylic acids is 2. The van der Waals surface area contributed by atoms with E-state index in [0.717, 1.165) is 11.1 Å². The highest BCUT2D eigenvalue weighted by molar-refractivity contribution is 6.06. The molecular weight excluding hydrogens is 304 g/mol. The molecule has 0 aliphatic heterocycles. The SMILES string of the molecule is C=CCc1cccc(-c2cccc(C(=O)O)c2C(=O)O)c1CC=C. The van der Waals surface area contributed by atoms with Crippen molar-refractivity contribution < 1.29 is 19.8 Å². The Morgan fingerprint density at radius 2 is 1.50 bits per heavy atom. The van der Waals surface area contributed by atoms with Gasteiger partial charge in [0.1, 0.15) is 0 Å². The van der Waals surface area contributed by atoms with E-state index in [0.29, 0.717) is 24.0 Å². The molecule has 122 valence electrons. The van der Waals surface area contributed by atoms with Crippen LogP contribution in [0.4, 0.5) is 0 Å². The number of allylic oxidation sites excluding steroid dienone is 2. The zero-order valence-electron chi connectivity index (χ0n) is 13.2. The first-order valence-corrected chi connectivity index (χ1v) is 7.43. The second-order valence-corrected chi connectivity index (χ2v) is 5.27. The predicted octanol–water partition coefficient (Wildman–Crippen LogP) is 4.21. The van der Waals surface area contributed by atoms with Crippen LogP contribution in [0.3, 0.4) is 0 Å². The van der Waals surface area contributed by atoms with Crippen molar-refractivity contribution in [3.63, 3.8) is 0 Å². The second-order valence-electron chi connectivity index (χ2n) is 5.27. The van der Waals surface area contributed by atoms with E-state index < -0.39 is 11.9 Å². The third kappa shape index (κ3) is 3.27. The fraction of sp³-hybridized carbons (Fsp3) is 0.100. The summed E-state index contributed by atoms with van der Waals surface area (Å²) >= 11 is 0. The van der Waals surface area contributed by atoms with Crippen molar-refractivity contribution in [3.05, 3.63) is 84.0 Å². The minimum absolute atomic E-state index is 0.203. The predicted molar refractivity (Wildman–Crippen MR) is 93.6 cm³/mol. The molecule has 0 amide bonds. The Balaban J connectivity index is 2.81. The Bertz CT molecular complexity index is 818. The summed E-state index contributed by atoms with van der Waals surface area (Å²) in [6.45, 7) is 7.50. The third-order valence-corrected chi connectivity index (χ3v) is 3.78. The van der Waals surface area contributed by atoms with Crippen LogP contribution < -0.4 is 0 Å². The van der Waals surface area contributed by atoms with E-state index in [4.69, 9.17) is 0 Å². The summed E-state index contributed by atoms with van der Waals surface area (Å²) in [5.41, 5.74) is 2.61. The number of carbonyl (C=O) groups is 2. The lowest BCUT2D eigenvalue weighted by atomic mass is 9.88. The average Bonchev–Trinajstić information content (AvgIpc) is 2.56. The number of carboxylic acid groups (broad SMARTS) is 2. The number of aromatic carboxylic acids is 2. The molecule has 4 heteroatoms. The van der Waals surface area contributed by atoms with Gasteiger partial charge in [-0.05, 0) is 41.2 Å². The molecule has 0 heterocycles. The van der Waals surface area contributed by atoms with Gasteiger partial charge in [0, 0.05) is 0 Å². The van der Waals surface area contributed by atoms with Crippen molar-refractivity contribution in [2.45, 2.75) is 12.8 Å². The van der Waals surface area contributed by atoms with Gasteiger partial charge in [0.05, 0.1) is 11.1 Å².